The van der Waals surface area contributed by atoms with Crippen LogP contribution in [0.1, 0.15) is 31.0 Å². The van der Waals surface area contributed by atoms with E-state index in [1.165, 1.54) is 19.1 Å². The van der Waals surface area contributed by atoms with Crippen LogP contribution in [0.15, 0.2) is 53.4 Å². The molecule has 2 atom stereocenters. The van der Waals surface area contributed by atoms with Crippen LogP contribution in [-0.4, -0.2) is 41.3 Å². The minimum atomic E-state index is -3.69. The molecule has 2 aromatic carbocycles. The molecule has 1 amide bonds. The van der Waals surface area contributed by atoms with Gasteiger partial charge < -0.3 is 5.32 Å². The van der Waals surface area contributed by atoms with Crippen molar-refractivity contribution in [3.05, 3.63) is 59.7 Å². The second-order valence-corrected chi connectivity index (χ2v) is 11.0. The van der Waals surface area contributed by atoms with E-state index in [1.807, 2.05) is 6.92 Å². The number of sulfonamides is 1. The Labute approximate surface area is 172 Å². The number of nitrogens with zero attached hydrogens (tertiary/aromatic N) is 1. The molecule has 0 bridgehead atoms. The topological polar surface area (TPSA) is 101 Å². The van der Waals surface area contributed by atoms with Crippen LogP contribution < -0.4 is 9.62 Å². The molecule has 2 rings (SSSR count). The number of hydrogen-bond acceptors (Lipinski definition) is 5. The predicted octanol–water partition coefficient (Wildman–Crippen LogP) is 2.43. The van der Waals surface area contributed by atoms with E-state index in [9.17, 15) is 21.6 Å². The Hall–Kier alpha value is -2.39. The number of anilines is 1. The van der Waals surface area contributed by atoms with Crippen molar-refractivity contribution in [1.29, 1.82) is 0 Å². The normalized spacial score (nSPS) is 14.1. The first-order valence-corrected chi connectivity index (χ1v) is 12.7. The Bertz CT molecular complexity index is 1080. The van der Waals surface area contributed by atoms with Crippen molar-refractivity contribution in [1.82, 2.24) is 5.32 Å². The van der Waals surface area contributed by atoms with Crippen molar-refractivity contribution in [2.75, 3.05) is 16.8 Å². The van der Waals surface area contributed by atoms with Gasteiger partial charge in [-0.05, 0) is 50.6 Å². The van der Waals surface area contributed by atoms with E-state index in [2.05, 4.69) is 5.32 Å². The highest BCUT2D eigenvalue weighted by atomic mass is 32.2. The molecule has 0 saturated carbocycles. The summed E-state index contributed by atoms with van der Waals surface area (Å²) in [7, 11) is -7.00. The van der Waals surface area contributed by atoms with Crippen molar-refractivity contribution in [3.63, 3.8) is 0 Å². The fourth-order valence-electron chi connectivity index (χ4n) is 2.92. The Morgan fingerprint density at radius 2 is 1.41 bits per heavy atom. The monoisotopic (exact) mass is 438 g/mol. The second kappa shape index (κ2) is 8.54. The maximum Gasteiger partial charge on any atom is 0.244 e. The lowest BCUT2D eigenvalue weighted by Crippen LogP contribution is -2.48. The van der Waals surface area contributed by atoms with Crippen LogP contribution in [0.4, 0.5) is 5.69 Å². The van der Waals surface area contributed by atoms with Crippen molar-refractivity contribution in [3.8, 4) is 0 Å². The van der Waals surface area contributed by atoms with Gasteiger partial charge in [0.1, 0.15) is 6.04 Å². The molecule has 9 heteroatoms. The number of benzene rings is 2. The third-order valence-corrected chi connectivity index (χ3v) is 6.91. The maximum atomic E-state index is 12.8. The van der Waals surface area contributed by atoms with Gasteiger partial charge in [-0.1, -0.05) is 29.8 Å². The van der Waals surface area contributed by atoms with Gasteiger partial charge in [-0.25, -0.2) is 16.8 Å². The van der Waals surface area contributed by atoms with Crippen LogP contribution in [0.2, 0.25) is 0 Å². The molecular weight excluding hydrogens is 412 g/mol. The highest BCUT2D eigenvalue weighted by Gasteiger charge is 2.29. The van der Waals surface area contributed by atoms with E-state index in [-0.39, 0.29) is 4.90 Å². The van der Waals surface area contributed by atoms with Gasteiger partial charge in [-0.15, -0.1) is 0 Å². The highest BCUT2D eigenvalue weighted by Crippen LogP contribution is 2.22. The SMILES string of the molecule is Cc1ccc(N([C@@H](C)C(=O)N[C@H](C)c2ccc(S(C)(=O)=O)cc2)S(C)(=O)=O)cc1. The molecule has 1 N–H and O–H groups in total. The first-order chi connectivity index (χ1) is 13.3. The minimum absolute atomic E-state index is 0.191. The summed E-state index contributed by atoms with van der Waals surface area (Å²) in [6.07, 6.45) is 2.18. The van der Waals surface area contributed by atoms with Gasteiger partial charge >= 0.3 is 0 Å². The number of aryl methyl sites for hydroxylation is 1. The number of rotatable bonds is 7. The van der Waals surface area contributed by atoms with E-state index in [0.717, 1.165) is 22.4 Å². The van der Waals surface area contributed by atoms with Crippen LogP contribution >= 0.6 is 0 Å². The summed E-state index contributed by atoms with van der Waals surface area (Å²) in [6.45, 7) is 5.16. The molecule has 0 aromatic heterocycles. The van der Waals surface area contributed by atoms with Gasteiger partial charge in [0.05, 0.1) is 22.9 Å². The van der Waals surface area contributed by atoms with Crippen molar-refractivity contribution < 1.29 is 21.6 Å². The van der Waals surface area contributed by atoms with Crippen LogP contribution in [-0.2, 0) is 24.7 Å². The summed E-state index contributed by atoms with van der Waals surface area (Å²) in [4.78, 5) is 13.0. The fraction of sp³-hybridized carbons (Fsp3) is 0.350. The smallest absolute Gasteiger partial charge is 0.244 e. The highest BCUT2D eigenvalue weighted by molar-refractivity contribution is 7.92. The first-order valence-electron chi connectivity index (χ1n) is 8.97. The minimum Gasteiger partial charge on any atom is -0.348 e. The largest absolute Gasteiger partial charge is 0.348 e. The molecule has 0 unspecified atom stereocenters. The summed E-state index contributed by atoms with van der Waals surface area (Å²) in [6, 6.07) is 11.7. The van der Waals surface area contributed by atoms with E-state index >= 15 is 0 Å². The Balaban J connectivity index is 2.22. The fourth-order valence-corrected chi connectivity index (χ4v) is 4.73. The van der Waals surface area contributed by atoms with Crippen molar-refractivity contribution in [2.24, 2.45) is 0 Å². The summed E-state index contributed by atoms with van der Waals surface area (Å²) < 4.78 is 48.9. The molecule has 0 aliphatic rings. The van der Waals surface area contributed by atoms with Gasteiger partial charge in [0.2, 0.25) is 15.9 Å². The summed E-state index contributed by atoms with van der Waals surface area (Å²) in [5.74, 6) is -0.462. The molecule has 0 radical (unpaired) electrons. The zero-order chi connectivity index (χ0) is 22.0. The molecule has 0 heterocycles. The molecule has 29 heavy (non-hydrogen) atoms. The van der Waals surface area contributed by atoms with Crippen LogP contribution in [0.25, 0.3) is 0 Å². The zero-order valence-corrected chi connectivity index (χ0v) is 18.7. The lowest BCUT2D eigenvalue weighted by atomic mass is 10.1. The molecule has 7 nitrogen and oxygen atoms in total. The van der Waals surface area contributed by atoms with Crippen LogP contribution in [0, 0.1) is 6.92 Å². The molecule has 0 saturated heterocycles. The zero-order valence-electron chi connectivity index (χ0n) is 17.1. The predicted molar refractivity (Wildman–Crippen MR) is 114 cm³/mol. The maximum absolute atomic E-state index is 12.8. The molecule has 0 aliphatic heterocycles. The molecule has 0 aliphatic carbocycles. The van der Waals surface area contributed by atoms with E-state index in [0.29, 0.717) is 11.3 Å². The average Bonchev–Trinajstić information content (AvgIpc) is 2.61. The number of sulfone groups is 1. The lowest BCUT2D eigenvalue weighted by molar-refractivity contribution is -0.122. The Morgan fingerprint density at radius 3 is 1.86 bits per heavy atom. The van der Waals surface area contributed by atoms with Gasteiger partial charge in [-0.2, -0.15) is 0 Å². The molecule has 2 aromatic rings. The van der Waals surface area contributed by atoms with Crippen molar-refractivity contribution in [2.45, 2.75) is 37.8 Å². The standard InChI is InChI=1S/C20H26N2O5S2/c1-14-6-10-18(11-7-14)22(29(5,26)27)16(3)20(23)21-15(2)17-8-12-19(13-9-17)28(4,24)25/h6-13,15-16H,1-5H3,(H,21,23)/t15-,16+/m1/s1. The number of carbonyl (C=O) groups excluding carboxylic acids is 1. The first kappa shape index (κ1) is 22.9. The van der Waals surface area contributed by atoms with Gasteiger partial charge in [-0.3, -0.25) is 9.10 Å². The van der Waals surface area contributed by atoms with Crippen molar-refractivity contribution >= 4 is 31.5 Å². The van der Waals surface area contributed by atoms with E-state index in [1.54, 1.807) is 43.3 Å². The molecule has 158 valence electrons. The molecule has 0 fully saturated rings. The molecular formula is C20H26N2O5S2. The van der Waals surface area contributed by atoms with Crippen LogP contribution in [0.5, 0.6) is 0 Å². The number of amides is 1. The van der Waals surface area contributed by atoms with Gasteiger partial charge in [0.15, 0.2) is 9.84 Å². The summed E-state index contributed by atoms with van der Waals surface area (Å²) >= 11 is 0. The second-order valence-electron chi connectivity index (χ2n) is 7.14. The lowest BCUT2D eigenvalue weighted by Gasteiger charge is -2.29. The summed E-state index contributed by atoms with van der Waals surface area (Å²) in [5, 5.41) is 2.79. The third kappa shape index (κ3) is 5.80. The number of nitrogens with one attached hydrogen (secondary N) is 1. The van der Waals surface area contributed by atoms with E-state index in [4.69, 9.17) is 0 Å². The molecule has 0 spiro atoms. The number of carbonyl (C=O) groups is 1. The van der Waals surface area contributed by atoms with E-state index < -0.39 is 37.9 Å². The third-order valence-electron chi connectivity index (χ3n) is 4.54. The van der Waals surface area contributed by atoms with Crippen LogP contribution in [0.3, 0.4) is 0 Å². The quantitative estimate of drug-likeness (QED) is 0.716. The Kier molecular flexibility index (Phi) is 6.74. The average molecular weight is 439 g/mol. The van der Waals surface area contributed by atoms with Gasteiger partial charge in [0.25, 0.3) is 0 Å². The van der Waals surface area contributed by atoms with Gasteiger partial charge in [0, 0.05) is 6.26 Å². The number of hydrogen-bond donors (Lipinski definition) is 1. The summed E-state index contributed by atoms with van der Waals surface area (Å²) in [5.41, 5.74) is 2.09. The Morgan fingerprint density at radius 1 is 0.897 bits per heavy atom.